The van der Waals surface area contributed by atoms with Gasteiger partial charge in [-0.05, 0) is 24.1 Å². The lowest BCUT2D eigenvalue weighted by atomic mass is 10.2. The molecule has 0 aromatic heterocycles. The molecule has 98 valence electrons. The molecule has 2 rings (SSSR count). The van der Waals surface area contributed by atoms with Crippen molar-refractivity contribution >= 4 is 6.03 Å². The Morgan fingerprint density at radius 2 is 2.11 bits per heavy atom. The average Bonchev–Trinajstić information content (AvgIpc) is 2.78. The van der Waals surface area contributed by atoms with Crippen molar-refractivity contribution in [2.45, 2.75) is 26.3 Å². The van der Waals surface area contributed by atoms with Crippen LogP contribution in [0.4, 0.5) is 4.79 Å². The molecule has 18 heavy (non-hydrogen) atoms. The second-order valence-corrected chi connectivity index (χ2v) is 4.50. The van der Waals surface area contributed by atoms with E-state index in [-0.39, 0.29) is 6.03 Å². The molecular formula is C14H20N2O2. The van der Waals surface area contributed by atoms with Crippen LogP contribution in [-0.2, 0) is 6.54 Å². The van der Waals surface area contributed by atoms with E-state index in [0.717, 1.165) is 43.9 Å². The molecule has 1 heterocycles. The van der Waals surface area contributed by atoms with E-state index < -0.39 is 0 Å². The number of nitrogens with one attached hydrogen (secondary N) is 1. The van der Waals surface area contributed by atoms with Crippen molar-refractivity contribution < 1.29 is 9.53 Å². The van der Waals surface area contributed by atoms with Gasteiger partial charge < -0.3 is 15.0 Å². The third-order valence-corrected chi connectivity index (χ3v) is 3.01. The molecule has 1 fully saturated rings. The molecule has 1 aliphatic rings. The van der Waals surface area contributed by atoms with Crippen LogP contribution in [-0.4, -0.2) is 30.6 Å². The van der Waals surface area contributed by atoms with E-state index in [9.17, 15) is 4.79 Å². The lowest BCUT2D eigenvalue weighted by Gasteiger charge is -2.14. The quantitative estimate of drug-likeness (QED) is 0.785. The molecule has 1 aliphatic heterocycles. The minimum absolute atomic E-state index is 0.0262. The van der Waals surface area contributed by atoms with Gasteiger partial charge in [-0.25, -0.2) is 4.79 Å². The Morgan fingerprint density at radius 3 is 2.72 bits per heavy atom. The summed E-state index contributed by atoms with van der Waals surface area (Å²) in [5, 5.41) is 2.80. The fourth-order valence-electron chi connectivity index (χ4n) is 1.91. The number of hydrogen-bond donors (Lipinski definition) is 1. The minimum atomic E-state index is 0.0262. The van der Waals surface area contributed by atoms with Crippen molar-refractivity contribution in [3.63, 3.8) is 0 Å². The summed E-state index contributed by atoms with van der Waals surface area (Å²) in [6.07, 6.45) is 2.22. The average molecular weight is 248 g/mol. The molecule has 4 nitrogen and oxygen atoms in total. The molecule has 1 aromatic rings. The molecule has 0 unspecified atom stereocenters. The van der Waals surface area contributed by atoms with Crippen LogP contribution in [0.3, 0.4) is 0 Å². The first-order chi connectivity index (χ1) is 8.79. The third kappa shape index (κ3) is 3.39. The molecule has 0 bridgehead atoms. The van der Waals surface area contributed by atoms with Crippen LogP contribution in [0, 0.1) is 0 Å². The lowest BCUT2D eigenvalue weighted by molar-refractivity contribution is 0.215. The molecule has 0 saturated carbocycles. The first-order valence-electron chi connectivity index (χ1n) is 6.54. The summed E-state index contributed by atoms with van der Waals surface area (Å²) in [5.41, 5.74) is 1.13. The number of unbranched alkanes of at least 4 members (excludes halogenated alkanes) is 1. The van der Waals surface area contributed by atoms with Gasteiger partial charge in [0.05, 0.1) is 6.61 Å². The largest absolute Gasteiger partial charge is 0.494 e. The van der Waals surface area contributed by atoms with Crippen LogP contribution in [0.25, 0.3) is 0 Å². The van der Waals surface area contributed by atoms with E-state index in [1.54, 1.807) is 0 Å². The number of carbonyl (C=O) groups is 1. The van der Waals surface area contributed by atoms with Crippen LogP contribution in [0.1, 0.15) is 25.3 Å². The summed E-state index contributed by atoms with van der Waals surface area (Å²) in [5.74, 6) is 0.901. The van der Waals surface area contributed by atoms with Gasteiger partial charge in [0.15, 0.2) is 0 Å². The monoisotopic (exact) mass is 248 g/mol. The highest BCUT2D eigenvalue weighted by Gasteiger charge is 2.18. The van der Waals surface area contributed by atoms with Gasteiger partial charge in [0.25, 0.3) is 0 Å². The number of nitrogens with zero attached hydrogens (tertiary/aromatic N) is 1. The van der Waals surface area contributed by atoms with E-state index >= 15 is 0 Å². The number of rotatable bonds is 6. The van der Waals surface area contributed by atoms with E-state index in [4.69, 9.17) is 4.74 Å². The normalized spacial score (nSPS) is 14.7. The molecule has 1 aromatic carbocycles. The fraction of sp³-hybridized carbons (Fsp3) is 0.500. The van der Waals surface area contributed by atoms with Crippen LogP contribution in [0.15, 0.2) is 24.3 Å². The number of amides is 2. The highest BCUT2D eigenvalue weighted by atomic mass is 16.5. The standard InChI is InChI=1S/C14H20N2O2/c1-2-3-10-18-13-6-4-12(5-7-13)11-16-9-8-15-14(16)17/h4-7H,2-3,8-11H2,1H3,(H,15,17). The molecule has 4 heteroatoms. The number of benzene rings is 1. The third-order valence-electron chi connectivity index (χ3n) is 3.01. The number of carbonyl (C=O) groups excluding carboxylic acids is 1. The molecule has 0 atom stereocenters. The summed E-state index contributed by atoms with van der Waals surface area (Å²) < 4.78 is 5.60. The smallest absolute Gasteiger partial charge is 0.317 e. The Kier molecular flexibility index (Phi) is 4.45. The molecule has 1 saturated heterocycles. The van der Waals surface area contributed by atoms with Crippen molar-refractivity contribution in [1.29, 1.82) is 0 Å². The fourth-order valence-corrected chi connectivity index (χ4v) is 1.91. The second-order valence-electron chi connectivity index (χ2n) is 4.50. The predicted molar refractivity (Wildman–Crippen MR) is 70.7 cm³/mol. The number of urea groups is 1. The van der Waals surface area contributed by atoms with Crippen LogP contribution >= 0.6 is 0 Å². The second kappa shape index (κ2) is 6.28. The van der Waals surface area contributed by atoms with Gasteiger partial charge >= 0.3 is 6.03 Å². The van der Waals surface area contributed by atoms with Crippen LogP contribution in [0.5, 0.6) is 5.75 Å². The van der Waals surface area contributed by atoms with E-state index in [2.05, 4.69) is 12.2 Å². The zero-order chi connectivity index (χ0) is 12.8. The van der Waals surface area contributed by atoms with Gasteiger partial charge in [0, 0.05) is 19.6 Å². The Morgan fingerprint density at radius 1 is 1.33 bits per heavy atom. The Labute approximate surface area is 108 Å². The highest BCUT2D eigenvalue weighted by Crippen LogP contribution is 2.14. The number of hydrogen-bond acceptors (Lipinski definition) is 2. The molecule has 2 amide bonds. The Balaban J connectivity index is 1.85. The zero-order valence-corrected chi connectivity index (χ0v) is 10.8. The molecule has 1 N–H and O–H groups in total. The van der Waals surface area contributed by atoms with Crippen LogP contribution < -0.4 is 10.1 Å². The topological polar surface area (TPSA) is 41.6 Å². The van der Waals surface area contributed by atoms with Gasteiger partial charge in [0.1, 0.15) is 5.75 Å². The van der Waals surface area contributed by atoms with Gasteiger partial charge in [-0.15, -0.1) is 0 Å². The van der Waals surface area contributed by atoms with Crippen LogP contribution in [0.2, 0.25) is 0 Å². The summed E-state index contributed by atoms with van der Waals surface area (Å²) in [7, 11) is 0. The molecule has 0 aliphatic carbocycles. The van der Waals surface area contributed by atoms with E-state index in [1.165, 1.54) is 0 Å². The summed E-state index contributed by atoms with van der Waals surface area (Å²) in [4.78, 5) is 13.2. The first-order valence-corrected chi connectivity index (χ1v) is 6.54. The van der Waals surface area contributed by atoms with Crippen molar-refractivity contribution in [1.82, 2.24) is 10.2 Å². The van der Waals surface area contributed by atoms with Gasteiger partial charge in [-0.3, -0.25) is 0 Å². The SMILES string of the molecule is CCCCOc1ccc(CN2CCNC2=O)cc1. The van der Waals surface area contributed by atoms with Gasteiger partial charge in [-0.2, -0.15) is 0 Å². The molecule has 0 spiro atoms. The van der Waals surface area contributed by atoms with Gasteiger partial charge in [0.2, 0.25) is 0 Å². The zero-order valence-electron chi connectivity index (χ0n) is 10.8. The lowest BCUT2D eigenvalue weighted by Crippen LogP contribution is -2.27. The Bertz CT molecular complexity index is 389. The molecule has 0 radical (unpaired) electrons. The van der Waals surface area contributed by atoms with E-state index in [1.807, 2.05) is 29.2 Å². The van der Waals surface area contributed by atoms with Crippen molar-refractivity contribution in [2.75, 3.05) is 19.7 Å². The van der Waals surface area contributed by atoms with Gasteiger partial charge in [-0.1, -0.05) is 25.5 Å². The first kappa shape index (κ1) is 12.7. The predicted octanol–water partition coefficient (Wildman–Crippen LogP) is 2.39. The van der Waals surface area contributed by atoms with Crippen molar-refractivity contribution in [3.05, 3.63) is 29.8 Å². The minimum Gasteiger partial charge on any atom is -0.494 e. The molecular weight excluding hydrogens is 228 g/mol. The van der Waals surface area contributed by atoms with Crippen molar-refractivity contribution in [3.8, 4) is 5.75 Å². The maximum absolute atomic E-state index is 11.4. The summed E-state index contributed by atoms with van der Waals surface area (Å²) in [6.45, 7) is 5.11. The maximum atomic E-state index is 11.4. The highest BCUT2D eigenvalue weighted by molar-refractivity contribution is 5.76. The summed E-state index contributed by atoms with van der Waals surface area (Å²) >= 11 is 0. The summed E-state index contributed by atoms with van der Waals surface area (Å²) in [6, 6.07) is 8.01. The Hall–Kier alpha value is -1.71. The maximum Gasteiger partial charge on any atom is 0.317 e. The number of ether oxygens (including phenoxy) is 1. The van der Waals surface area contributed by atoms with Crippen molar-refractivity contribution in [2.24, 2.45) is 0 Å². The van der Waals surface area contributed by atoms with E-state index in [0.29, 0.717) is 6.54 Å².